The van der Waals surface area contributed by atoms with Gasteiger partial charge in [0.05, 0.1) is 11.9 Å². The number of aliphatic hydroxyl groups excluding tert-OH is 1. The third kappa shape index (κ3) is 6.20. The van der Waals surface area contributed by atoms with Crippen LogP contribution in [0, 0.1) is 5.92 Å². The molecule has 4 N–H and O–H groups in total. The molecule has 0 saturated heterocycles. The van der Waals surface area contributed by atoms with Gasteiger partial charge in [0.25, 0.3) is 0 Å². The smallest absolute Gasteiger partial charge is 0.326 e. The molecule has 2 amide bonds. The van der Waals surface area contributed by atoms with E-state index in [1.807, 2.05) is 49.6 Å². The van der Waals surface area contributed by atoms with Crippen molar-refractivity contribution in [2.24, 2.45) is 5.92 Å². The van der Waals surface area contributed by atoms with E-state index in [1.165, 1.54) is 11.3 Å². The molecule has 9 heteroatoms. The number of nitrogens with one attached hydrogen (secondary N) is 2. The lowest BCUT2D eigenvalue weighted by molar-refractivity contribution is -0.143. The molecule has 2 atom stereocenters. The Labute approximate surface area is 209 Å². The van der Waals surface area contributed by atoms with Gasteiger partial charge in [-0.1, -0.05) is 51.0 Å². The first kappa shape index (κ1) is 26.2. The molecular formula is C25H32N2O5S2. The molecule has 7 nitrogen and oxygen atoms in total. The summed E-state index contributed by atoms with van der Waals surface area (Å²) in [6, 6.07) is 8.29. The molecule has 3 rings (SSSR count). The first-order valence-electron chi connectivity index (χ1n) is 11.5. The maximum Gasteiger partial charge on any atom is 0.326 e. The number of carboxylic acid groups (broad SMARTS) is 1. The second kappa shape index (κ2) is 11.4. The van der Waals surface area contributed by atoms with Crippen molar-refractivity contribution in [3.05, 3.63) is 46.2 Å². The average molecular weight is 505 g/mol. The first-order chi connectivity index (χ1) is 16.1. The van der Waals surface area contributed by atoms with Gasteiger partial charge in [0.1, 0.15) is 11.6 Å². The molecule has 1 aromatic heterocycles. The van der Waals surface area contributed by atoms with Gasteiger partial charge in [-0.3, -0.25) is 9.59 Å². The van der Waals surface area contributed by atoms with Crippen molar-refractivity contribution in [3.63, 3.8) is 0 Å². The van der Waals surface area contributed by atoms with Crippen molar-refractivity contribution < 1.29 is 24.6 Å². The summed E-state index contributed by atoms with van der Waals surface area (Å²) in [5.41, 5.74) is 1.63. The fourth-order valence-electron chi connectivity index (χ4n) is 4.18. The molecule has 2 aromatic rings. The molecule has 1 saturated carbocycles. The number of rotatable bonds is 10. The Morgan fingerprint density at radius 2 is 1.76 bits per heavy atom. The molecule has 34 heavy (non-hydrogen) atoms. The number of carboxylic acids is 1. The summed E-state index contributed by atoms with van der Waals surface area (Å²) in [6.45, 7) is 3.76. The van der Waals surface area contributed by atoms with E-state index >= 15 is 0 Å². The van der Waals surface area contributed by atoms with Crippen molar-refractivity contribution in [2.75, 3.05) is 0 Å². The van der Waals surface area contributed by atoms with Crippen LogP contribution in [-0.2, 0) is 27.4 Å². The monoisotopic (exact) mass is 504 g/mol. The van der Waals surface area contributed by atoms with E-state index in [4.69, 9.17) is 0 Å². The zero-order chi connectivity index (χ0) is 24.9. The minimum absolute atomic E-state index is 0.00317. The lowest BCUT2D eigenvalue weighted by Gasteiger charge is -2.32. The number of benzene rings is 1. The molecule has 1 aromatic carbocycles. The molecule has 0 radical (unpaired) electrons. The van der Waals surface area contributed by atoms with Crippen molar-refractivity contribution in [1.29, 1.82) is 0 Å². The number of aliphatic carboxylic acids is 1. The Bertz CT molecular complexity index is 1010. The Morgan fingerprint density at radius 1 is 1.12 bits per heavy atom. The highest BCUT2D eigenvalue weighted by Crippen LogP contribution is 2.31. The summed E-state index contributed by atoms with van der Waals surface area (Å²) in [6.07, 6.45) is 2.64. The molecule has 1 aliphatic carbocycles. The predicted molar refractivity (Wildman–Crippen MR) is 136 cm³/mol. The van der Waals surface area contributed by atoms with E-state index in [1.54, 1.807) is 0 Å². The van der Waals surface area contributed by atoms with E-state index in [0.717, 1.165) is 34.4 Å². The Balaban J connectivity index is 1.70. The quantitative estimate of drug-likeness (QED) is 0.318. The number of thiol groups is 1. The van der Waals surface area contributed by atoms with Gasteiger partial charge in [0, 0.05) is 11.3 Å². The fraction of sp³-hybridized carbons (Fsp3) is 0.480. The third-order valence-corrected chi connectivity index (χ3v) is 8.05. The van der Waals surface area contributed by atoms with Crippen LogP contribution in [0.15, 0.2) is 35.7 Å². The van der Waals surface area contributed by atoms with Crippen LogP contribution in [0.5, 0.6) is 0 Å². The maximum absolute atomic E-state index is 13.2. The maximum atomic E-state index is 13.2. The summed E-state index contributed by atoms with van der Waals surface area (Å²) >= 11 is 5.84. The number of carbonyl (C=O) groups excluding carboxylic acids is 2. The highest BCUT2D eigenvalue weighted by Gasteiger charge is 2.44. The SMILES string of the molecule is CC(C)C(S)C(=O)NC1(C(=O)NC(Cc2ccc(-c3csc(CO)c3)cc2)C(=O)O)CCCC1. The third-order valence-electron chi connectivity index (χ3n) is 6.29. The summed E-state index contributed by atoms with van der Waals surface area (Å²) in [7, 11) is 0. The number of aliphatic hydroxyl groups is 1. The Kier molecular flexibility index (Phi) is 8.78. The summed E-state index contributed by atoms with van der Waals surface area (Å²) in [5, 5.41) is 26.0. The summed E-state index contributed by atoms with van der Waals surface area (Å²) in [4.78, 5) is 38.7. The Hall–Kier alpha value is -2.36. The largest absolute Gasteiger partial charge is 0.480 e. The molecule has 1 heterocycles. The first-order valence-corrected chi connectivity index (χ1v) is 12.9. The standard InChI is InChI=1S/C25H32N2O5S2/c1-15(2)21(33)22(29)27-25(9-3-4-10-25)24(32)26-20(23(30)31)11-16-5-7-17(8-6-16)18-12-19(13-28)34-14-18/h5-8,12,14-15,20-21,28,33H,3-4,9-11,13H2,1-2H3,(H,26,32)(H,27,29)(H,30,31). The second-order valence-electron chi connectivity index (χ2n) is 9.19. The predicted octanol–water partition coefficient (Wildman–Crippen LogP) is 3.40. The van der Waals surface area contributed by atoms with E-state index in [9.17, 15) is 24.6 Å². The van der Waals surface area contributed by atoms with Crippen LogP contribution in [0.1, 0.15) is 50.0 Å². The normalized spacial score (nSPS) is 16.7. The van der Waals surface area contributed by atoms with E-state index in [0.29, 0.717) is 12.8 Å². The molecular weight excluding hydrogens is 472 g/mol. The molecule has 0 aliphatic heterocycles. The van der Waals surface area contributed by atoms with Crippen LogP contribution in [0.3, 0.4) is 0 Å². The van der Waals surface area contributed by atoms with Crippen LogP contribution in [0.2, 0.25) is 0 Å². The van der Waals surface area contributed by atoms with Crippen molar-refractivity contribution in [3.8, 4) is 11.1 Å². The zero-order valence-electron chi connectivity index (χ0n) is 19.4. The van der Waals surface area contributed by atoms with Gasteiger partial charge in [-0.2, -0.15) is 12.6 Å². The molecule has 184 valence electrons. The lowest BCUT2D eigenvalue weighted by atomic mass is 9.94. The zero-order valence-corrected chi connectivity index (χ0v) is 21.1. The van der Waals surface area contributed by atoms with Crippen molar-refractivity contribution in [1.82, 2.24) is 10.6 Å². The van der Waals surface area contributed by atoms with Crippen LogP contribution in [0.25, 0.3) is 11.1 Å². The number of carbonyl (C=O) groups is 3. The number of hydrogen-bond acceptors (Lipinski definition) is 6. The van der Waals surface area contributed by atoms with Gasteiger partial charge in [-0.15, -0.1) is 11.3 Å². The van der Waals surface area contributed by atoms with Crippen LogP contribution < -0.4 is 10.6 Å². The Morgan fingerprint density at radius 3 is 2.29 bits per heavy atom. The number of amides is 2. The highest BCUT2D eigenvalue weighted by atomic mass is 32.1. The van der Waals surface area contributed by atoms with Gasteiger partial charge in [-0.05, 0) is 46.9 Å². The number of thiophene rings is 1. The highest BCUT2D eigenvalue weighted by molar-refractivity contribution is 7.81. The summed E-state index contributed by atoms with van der Waals surface area (Å²) < 4.78 is 0. The van der Waals surface area contributed by atoms with Gasteiger partial charge >= 0.3 is 5.97 Å². The van der Waals surface area contributed by atoms with Gasteiger partial charge in [0.15, 0.2) is 0 Å². The average Bonchev–Trinajstić information content (AvgIpc) is 3.48. The van der Waals surface area contributed by atoms with Crippen molar-refractivity contribution >= 4 is 41.7 Å². The van der Waals surface area contributed by atoms with Gasteiger partial charge in [-0.25, -0.2) is 4.79 Å². The van der Waals surface area contributed by atoms with E-state index < -0.39 is 28.7 Å². The second-order valence-corrected chi connectivity index (χ2v) is 10.7. The topological polar surface area (TPSA) is 116 Å². The van der Waals surface area contributed by atoms with E-state index in [-0.39, 0.29) is 24.9 Å². The molecule has 1 fully saturated rings. The number of hydrogen-bond donors (Lipinski definition) is 5. The summed E-state index contributed by atoms with van der Waals surface area (Å²) in [5.74, 6) is -1.89. The lowest BCUT2D eigenvalue weighted by Crippen LogP contribution is -2.61. The molecule has 1 aliphatic rings. The minimum Gasteiger partial charge on any atom is -0.480 e. The minimum atomic E-state index is -1.13. The van der Waals surface area contributed by atoms with Gasteiger partial charge in [0.2, 0.25) is 11.8 Å². The molecule has 0 spiro atoms. The van der Waals surface area contributed by atoms with Crippen LogP contribution in [0.4, 0.5) is 0 Å². The molecule has 2 unspecified atom stereocenters. The molecule has 0 bridgehead atoms. The van der Waals surface area contributed by atoms with E-state index in [2.05, 4.69) is 23.3 Å². The van der Waals surface area contributed by atoms with Gasteiger partial charge < -0.3 is 20.8 Å². The fourth-order valence-corrected chi connectivity index (χ4v) is 5.00. The van der Waals surface area contributed by atoms with Crippen LogP contribution >= 0.6 is 24.0 Å². The van der Waals surface area contributed by atoms with Crippen LogP contribution in [-0.4, -0.2) is 44.8 Å². The van der Waals surface area contributed by atoms with Crippen molar-refractivity contribution in [2.45, 2.75) is 69.4 Å².